The van der Waals surface area contributed by atoms with E-state index in [1.807, 2.05) is 6.92 Å². The van der Waals surface area contributed by atoms with Crippen LogP contribution in [-0.2, 0) is 11.2 Å². The molecule has 2 heterocycles. The maximum atomic E-state index is 12.2. The zero-order valence-electron chi connectivity index (χ0n) is 11.6. The van der Waals surface area contributed by atoms with Crippen molar-refractivity contribution in [3.63, 3.8) is 0 Å². The molecule has 0 radical (unpaired) electrons. The standard InChI is InChI=1S/C13H22N4O2/c1-3-5-9-10(14)11(17-16-9)12(18)15-13(2)6-4-7-19-8-13/h3-8,14H2,1-2H3,(H,15,18)(H,16,17). The van der Waals surface area contributed by atoms with Gasteiger partial charge in [0, 0.05) is 6.61 Å². The van der Waals surface area contributed by atoms with Crippen molar-refractivity contribution in [1.82, 2.24) is 15.5 Å². The molecule has 1 aliphatic heterocycles. The summed E-state index contributed by atoms with van der Waals surface area (Å²) in [5, 5.41) is 9.85. The van der Waals surface area contributed by atoms with Crippen LogP contribution in [0.5, 0.6) is 0 Å². The topological polar surface area (TPSA) is 93.0 Å². The highest BCUT2D eigenvalue weighted by molar-refractivity contribution is 5.98. The van der Waals surface area contributed by atoms with Gasteiger partial charge in [-0.2, -0.15) is 5.10 Å². The molecule has 1 unspecified atom stereocenters. The molecule has 106 valence electrons. The van der Waals surface area contributed by atoms with E-state index in [1.54, 1.807) is 0 Å². The van der Waals surface area contributed by atoms with Gasteiger partial charge < -0.3 is 15.8 Å². The fourth-order valence-electron chi connectivity index (χ4n) is 2.37. The normalized spacial score (nSPS) is 23.3. The number of hydrogen-bond donors (Lipinski definition) is 3. The third kappa shape index (κ3) is 3.07. The van der Waals surface area contributed by atoms with E-state index in [9.17, 15) is 4.79 Å². The highest BCUT2D eigenvalue weighted by atomic mass is 16.5. The minimum Gasteiger partial charge on any atom is -0.395 e. The van der Waals surface area contributed by atoms with Crippen LogP contribution in [0.1, 0.15) is 49.3 Å². The lowest BCUT2D eigenvalue weighted by Crippen LogP contribution is -2.51. The Balaban J connectivity index is 2.07. The quantitative estimate of drug-likeness (QED) is 0.764. The number of nitrogens with two attached hydrogens (primary N) is 1. The zero-order chi connectivity index (χ0) is 13.9. The van der Waals surface area contributed by atoms with Crippen LogP contribution in [0.2, 0.25) is 0 Å². The number of carbonyl (C=O) groups is 1. The second-order valence-electron chi connectivity index (χ2n) is 5.39. The Bertz CT molecular complexity index is 449. The summed E-state index contributed by atoms with van der Waals surface area (Å²) >= 11 is 0. The minimum atomic E-state index is -0.328. The molecule has 1 fully saturated rings. The zero-order valence-corrected chi connectivity index (χ0v) is 11.6. The molecule has 0 aromatic carbocycles. The van der Waals surface area contributed by atoms with Gasteiger partial charge in [0.15, 0.2) is 5.69 Å². The van der Waals surface area contributed by atoms with Crippen molar-refractivity contribution in [3.8, 4) is 0 Å². The molecule has 1 saturated heterocycles. The Morgan fingerprint density at radius 3 is 3.05 bits per heavy atom. The van der Waals surface area contributed by atoms with E-state index < -0.39 is 0 Å². The Morgan fingerprint density at radius 2 is 2.42 bits per heavy atom. The van der Waals surface area contributed by atoms with Gasteiger partial charge in [-0.15, -0.1) is 0 Å². The number of aryl methyl sites for hydroxylation is 1. The predicted molar refractivity (Wildman–Crippen MR) is 72.9 cm³/mol. The summed E-state index contributed by atoms with van der Waals surface area (Å²) in [7, 11) is 0. The molecule has 6 heteroatoms. The summed E-state index contributed by atoms with van der Waals surface area (Å²) in [4.78, 5) is 12.2. The molecule has 0 spiro atoms. The molecule has 1 aromatic heterocycles. The summed E-state index contributed by atoms with van der Waals surface area (Å²) in [6, 6.07) is 0. The van der Waals surface area contributed by atoms with E-state index in [-0.39, 0.29) is 17.1 Å². The predicted octanol–water partition coefficient (Wildman–Crippen LogP) is 1.24. The largest absolute Gasteiger partial charge is 0.395 e. The van der Waals surface area contributed by atoms with Crippen LogP contribution in [0.3, 0.4) is 0 Å². The van der Waals surface area contributed by atoms with E-state index in [0.717, 1.165) is 38.0 Å². The van der Waals surface area contributed by atoms with Crippen molar-refractivity contribution in [2.75, 3.05) is 18.9 Å². The van der Waals surface area contributed by atoms with Crippen LogP contribution in [-0.4, -0.2) is 34.9 Å². The summed E-state index contributed by atoms with van der Waals surface area (Å²) < 4.78 is 5.42. The second-order valence-corrected chi connectivity index (χ2v) is 5.39. The van der Waals surface area contributed by atoms with Crippen LogP contribution >= 0.6 is 0 Å². The summed E-state index contributed by atoms with van der Waals surface area (Å²) in [6.45, 7) is 5.34. The van der Waals surface area contributed by atoms with Gasteiger partial charge in [0.2, 0.25) is 0 Å². The van der Waals surface area contributed by atoms with Crippen LogP contribution in [0.4, 0.5) is 5.69 Å². The van der Waals surface area contributed by atoms with Crippen LogP contribution < -0.4 is 11.1 Å². The van der Waals surface area contributed by atoms with Gasteiger partial charge in [-0.1, -0.05) is 13.3 Å². The van der Waals surface area contributed by atoms with Crippen molar-refractivity contribution in [2.24, 2.45) is 0 Å². The molecule has 1 aromatic rings. The van der Waals surface area contributed by atoms with Crippen LogP contribution in [0.15, 0.2) is 0 Å². The van der Waals surface area contributed by atoms with Gasteiger partial charge >= 0.3 is 0 Å². The van der Waals surface area contributed by atoms with Crippen LogP contribution in [0.25, 0.3) is 0 Å². The van der Waals surface area contributed by atoms with Gasteiger partial charge in [0.25, 0.3) is 5.91 Å². The number of nitrogens with one attached hydrogen (secondary N) is 2. The number of amides is 1. The monoisotopic (exact) mass is 266 g/mol. The Morgan fingerprint density at radius 1 is 1.63 bits per heavy atom. The Labute approximate surface area is 113 Å². The summed E-state index contributed by atoms with van der Waals surface area (Å²) in [5.74, 6) is -0.232. The first kappa shape index (κ1) is 13.9. The van der Waals surface area contributed by atoms with E-state index in [1.165, 1.54) is 0 Å². The first-order valence-corrected chi connectivity index (χ1v) is 6.79. The number of carbonyl (C=O) groups excluding carboxylic acids is 1. The summed E-state index contributed by atoms with van der Waals surface area (Å²) in [6.07, 6.45) is 3.62. The van der Waals surface area contributed by atoms with E-state index in [4.69, 9.17) is 10.5 Å². The Kier molecular flexibility index (Phi) is 4.09. The number of ether oxygens (including phenoxy) is 1. The molecule has 4 N–H and O–H groups in total. The van der Waals surface area contributed by atoms with Gasteiger partial charge in [-0.3, -0.25) is 9.89 Å². The average Bonchev–Trinajstić information content (AvgIpc) is 2.72. The molecule has 0 bridgehead atoms. The van der Waals surface area contributed by atoms with E-state index >= 15 is 0 Å². The molecule has 1 aliphatic rings. The highest BCUT2D eigenvalue weighted by Gasteiger charge is 2.31. The number of nitrogens with zero attached hydrogens (tertiary/aromatic N) is 1. The van der Waals surface area contributed by atoms with Crippen molar-refractivity contribution in [1.29, 1.82) is 0 Å². The average molecular weight is 266 g/mol. The molecule has 1 atom stereocenters. The van der Waals surface area contributed by atoms with Crippen molar-refractivity contribution >= 4 is 11.6 Å². The number of anilines is 1. The molecule has 6 nitrogen and oxygen atoms in total. The van der Waals surface area contributed by atoms with E-state index in [0.29, 0.717) is 12.3 Å². The first-order valence-electron chi connectivity index (χ1n) is 6.79. The van der Waals surface area contributed by atoms with Gasteiger partial charge in [-0.05, 0) is 26.2 Å². The third-order valence-corrected chi connectivity index (χ3v) is 3.45. The number of aromatic nitrogens is 2. The fraction of sp³-hybridized carbons (Fsp3) is 0.692. The smallest absolute Gasteiger partial charge is 0.274 e. The number of nitrogen functional groups attached to an aromatic ring is 1. The molecular formula is C13H22N4O2. The fourth-order valence-corrected chi connectivity index (χ4v) is 2.37. The highest BCUT2D eigenvalue weighted by Crippen LogP contribution is 2.21. The van der Waals surface area contributed by atoms with Gasteiger partial charge in [-0.25, -0.2) is 0 Å². The van der Waals surface area contributed by atoms with Crippen molar-refractivity contribution in [2.45, 2.75) is 45.1 Å². The molecule has 19 heavy (non-hydrogen) atoms. The second kappa shape index (κ2) is 5.61. The number of aromatic amines is 1. The lowest BCUT2D eigenvalue weighted by Gasteiger charge is -2.34. The summed E-state index contributed by atoms with van der Waals surface area (Å²) in [5.41, 5.74) is 7.20. The van der Waals surface area contributed by atoms with Crippen LogP contribution in [0, 0.1) is 0 Å². The number of rotatable bonds is 4. The third-order valence-electron chi connectivity index (χ3n) is 3.45. The molecule has 0 aliphatic carbocycles. The van der Waals surface area contributed by atoms with Gasteiger partial charge in [0.1, 0.15) is 0 Å². The number of hydrogen-bond acceptors (Lipinski definition) is 4. The number of H-pyrrole nitrogens is 1. The first-order chi connectivity index (χ1) is 9.06. The van der Waals surface area contributed by atoms with Gasteiger partial charge in [0.05, 0.1) is 23.5 Å². The molecule has 0 saturated carbocycles. The lowest BCUT2D eigenvalue weighted by atomic mass is 9.94. The maximum absolute atomic E-state index is 12.2. The SMILES string of the molecule is CCCc1[nH]nc(C(=O)NC2(C)CCCOC2)c1N. The molecular weight excluding hydrogens is 244 g/mol. The Hall–Kier alpha value is -1.56. The lowest BCUT2D eigenvalue weighted by molar-refractivity contribution is 0.0271. The molecule has 2 rings (SSSR count). The van der Waals surface area contributed by atoms with Crippen molar-refractivity contribution in [3.05, 3.63) is 11.4 Å². The van der Waals surface area contributed by atoms with Crippen molar-refractivity contribution < 1.29 is 9.53 Å². The van der Waals surface area contributed by atoms with E-state index in [2.05, 4.69) is 22.4 Å². The minimum absolute atomic E-state index is 0.232. The molecule has 1 amide bonds. The maximum Gasteiger partial charge on any atom is 0.274 e.